The summed E-state index contributed by atoms with van der Waals surface area (Å²) < 4.78 is 0. The van der Waals surface area contributed by atoms with E-state index >= 15 is 0 Å². The summed E-state index contributed by atoms with van der Waals surface area (Å²) in [4.78, 5) is 14.1. The second-order valence-electron chi connectivity index (χ2n) is 5.58. The van der Waals surface area contributed by atoms with Crippen molar-refractivity contribution in [3.8, 4) is 0 Å². The molecule has 1 fully saturated rings. The Balaban J connectivity index is 2.73. The predicted molar refractivity (Wildman–Crippen MR) is 70.7 cm³/mol. The standard InChI is InChI=1S/C13H27N3O/c1-5-16(8-10(2)3)9-13(15-4,12(14)17)11-6-7-11/h10-11,15H,5-9H2,1-4H3,(H2,14,17). The van der Waals surface area contributed by atoms with Crippen molar-refractivity contribution in [2.75, 3.05) is 26.7 Å². The topological polar surface area (TPSA) is 58.4 Å². The molecule has 0 bridgehead atoms. The molecule has 0 aromatic heterocycles. The minimum absolute atomic E-state index is 0.204. The third kappa shape index (κ3) is 3.42. The highest BCUT2D eigenvalue weighted by Gasteiger charge is 2.49. The molecule has 100 valence electrons. The first-order valence-electron chi connectivity index (χ1n) is 6.67. The number of carbonyl (C=O) groups is 1. The average molecular weight is 241 g/mol. The molecule has 1 unspecified atom stereocenters. The van der Waals surface area contributed by atoms with Crippen LogP contribution in [0.2, 0.25) is 0 Å². The Morgan fingerprint density at radius 1 is 1.53 bits per heavy atom. The highest BCUT2D eigenvalue weighted by Crippen LogP contribution is 2.40. The van der Waals surface area contributed by atoms with E-state index in [1.54, 1.807) is 0 Å². The van der Waals surface area contributed by atoms with Gasteiger partial charge in [-0.1, -0.05) is 20.8 Å². The lowest BCUT2D eigenvalue weighted by atomic mass is 9.91. The molecule has 1 aliphatic carbocycles. The van der Waals surface area contributed by atoms with E-state index in [-0.39, 0.29) is 5.91 Å². The van der Waals surface area contributed by atoms with Crippen LogP contribution in [0, 0.1) is 11.8 Å². The Labute approximate surface area is 105 Å². The summed E-state index contributed by atoms with van der Waals surface area (Å²) in [5.74, 6) is 0.826. The summed E-state index contributed by atoms with van der Waals surface area (Å²) in [5.41, 5.74) is 5.11. The normalized spacial score (nSPS) is 19.6. The van der Waals surface area contributed by atoms with Crippen LogP contribution in [-0.4, -0.2) is 43.0 Å². The Bertz CT molecular complexity index is 263. The molecule has 1 aliphatic rings. The molecular formula is C13H27N3O. The van der Waals surface area contributed by atoms with Crippen molar-refractivity contribution in [1.29, 1.82) is 0 Å². The summed E-state index contributed by atoms with van der Waals surface area (Å²) >= 11 is 0. The SMILES string of the molecule is CCN(CC(C)C)CC(NC)(C(N)=O)C1CC1. The van der Waals surface area contributed by atoms with Crippen LogP contribution < -0.4 is 11.1 Å². The molecule has 1 rings (SSSR count). The van der Waals surface area contributed by atoms with E-state index in [1.165, 1.54) is 0 Å². The third-order valence-electron chi connectivity index (χ3n) is 3.70. The Hall–Kier alpha value is -0.610. The third-order valence-corrected chi connectivity index (χ3v) is 3.70. The number of likely N-dealkylation sites (N-methyl/N-ethyl adjacent to an activating group) is 2. The van der Waals surface area contributed by atoms with Crippen LogP contribution in [0.25, 0.3) is 0 Å². The lowest BCUT2D eigenvalue weighted by molar-refractivity contribution is -0.126. The van der Waals surface area contributed by atoms with Gasteiger partial charge in [-0.25, -0.2) is 0 Å². The van der Waals surface area contributed by atoms with Crippen LogP contribution in [0.4, 0.5) is 0 Å². The molecule has 0 aromatic rings. The lowest BCUT2D eigenvalue weighted by Gasteiger charge is -2.36. The van der Waals surface area contributed by atoms with Gasteiger partial charge < -0.3 is 16.0 Å². The van der Waals surface area contributed by atoms with Gasteiger partial charge in [0.25, 0.3) is 0 Å². The number of hydrogen-bond acceptors (Lipinski definition) is 3. The molecule has 0 heterocycles. The molecule has 0 radical (unpaired) electrons. The van der Waals surface area contributed by atoms with Crippen molar-refractivity contribution in [3.05, 3.63) is 0 Å². The fraction of sp³-hybridized carbons (Fsp3) is 0.923. The first kappa shape index (κ1) is 14.5. The van der Waals surface area contributed by atoms with E-state index < -0.39 is 5.54 Å². The Morgan fingerprint density at radius 3 is 2.41 bits per heavy atom. The second-order valence-corrected chi connectivity index (χ2v) is 5.58. The molecule has 17 heavy (non-hydrogen) atoms. The number of nitrogens with zero attached hydrogens (tertiary/aromatic N) is 1. The predicted octanol–water partition coefficient (Wildman–Crippen LogP) is 0.818. The summed E-state index contributed by atoms with van der Waals surface area (Å²) in [7, 11) is 1.85. The Morgan fingerprint density at radius 2 is 2.12 bits per heavy atom. The number of amides is 1. The highest BCUT2D eigenvalue weighted by atomic mass is 16.1. The minimum Gasteiger partial charge on any atom is -0.368 e. The number of rotatable bonds is 8. The second kappa shape index (κ2) is 5.83. The van der Waals surface area contributed by atoms with Gasteiger partial charge in [-0.15, -0.1) is 0 Å². The van der Waals surface area contributed by atoms with Crippen molar-refractivity contribution in [3.63, 3.8) is 0 Å². The van der Waals surface area contributed by atoms with Crippen LogP contribution in [-0.2, 0) is 4.79 Å². The fourth-order valence-corrected chi connectivity index (χ4v) is 2.57. The van der Waals surface area contributed by atoms with Crippen molar-refractivity contribution >= 4 is 5.91 Å². The van der Waals surface area contributed by atoms with Crippen molar-refractivity contribution in [1.82, 2.24) is 10.2 Å². The molecule has 0 aliphatic heterocycles. The van der Waals surface area contributed by atoms with Gasteiger partial charge in [-0.3, -0.25) is 4.79 Å². The zero-order chi connectivity index (χ0) is 13.1. The van der Waals surface area contributed by atoms with E-state index in [9.17, 15) is 4.79 Å². The monoisotopic (exact) mass is 241 g/mol. The zero-order valence-corrected chi connectivity index (χ0v) is 11.6. The molecule has 1 atom stereocenters. The van der Waals surface area contributed by atoms with E-state index in [1.807, 2.05) is 7.05 Å². The van der Waals surface area contributed by atoms with Gasteiger partial charge in [0.05, 0.1) is 0 Å². The molecule has 1 amide bonds. The number of carbonyl (C=O) groups excluding carboxylic acids is 1. The van der Waals surface area contributed by atoms with Gasteiger partial charge in [-0.2, -0.15) is 0 Å². The maximum atomic E-state index is 11.8. The molecule has 4 heteroatoms. The molecule has 1 saturated carbocycles. The molecule has 3 N–H and O–H groups in total. The van der Waals surface area contributed by atoms with Gasteiger partial charge in [0.1, 0.15) is 5.54 Å². The van der Waals surface area contributed by atoms with Crippen molar-refractivity contribution < 1.29 is 4.79 Å². The molecule has 4 nitrogen and oxygen atoms in total. The summed E-state index contributed by atoms with van der Waals surface area (Å²) in [6, 6.07) is 0. The minimum atomic E-state index is -0.523. The van der Waals surface area contributed by atoms with Crippen molar-refractivity contribution in [2.24, 2.45) is 17.6 Å². The number of primary amides is 1. The average Bonchev–Trinajstić information content (AvgIpc) is 3.07. The number of nitrogens with one attached hydrogen (secondary N) is 1. The van der Waals surface area contributed by atoms with Gasteiger partial charge in [0.2, 0.25) is 5.91 Å². The molecule has 0 aromatic carbocycles. The van der Waals surface area contributed by atoms with Crippen LogP contribution in [0.5, 0.6) is 0 Å². The summed E-state index contributed by atoms with van der Waals surface area (Å²) in [6.07, 6.45) is 2.23. The lowest BCUT2D eigenvalue weighted by Crippen LogP contribution is -2.62. The molecule has 0 spiro atoms. The van der Waals surface area contributed by atoms with Crippen LogP contribution in [0.15, 0.2) is 0 Å². The maximum Gasteiger partial charge on any atom is 0.239 e. The van der Waals surface area contributed by atoms with Crippen molar-refractivity contribution in [2.45, 2.75) is 39.2 Å². The quantitative estimate of drug-likeness (QED) is 0.661. The maximum absolute atomic E-state index is 11.8. The largest absolute Gasteiger partial charge is 0.368 e. The van der Waals surface area contributed by atoms with Gasteiger partial charge in [-0.05, 0) is 38.3 Å². The number of nitrogens with two attached hydrogens (primary N) is 1. The first-order valence-corrected chi connectivity index (χ1v) is 6.67. The molecule has 0 saturated heterocycles. The fourth-order valence-electron chi connectivity index (χ4n) is 2.57. The summed E-state index contributed by atoms with van der Waals surface area (Å²) in [6.45, 7) is 9.24. The van der Waals surface area contributed by atoms with Gasteiger partial charge in [0.15, 0.2) is 0 Å². The number of hydrogen-bond donors (Lipinski definition) is 2. The smallest absolute Gasteiger partial charge is 0.239 e. The highest BCUT2D eigenvalue weighted by molar-refractivity contribution is 5.85. The van der Waals surface area contributed by atoms with Crippen LogP contribution in [0.1, 0.15) is 33.6 Å². The van der Waals surface area contributed by atoms with Crippen LogP contribution >= 0.6 is 0 Å². The van der Waals surface area contributed by atoms with E-state index in [0.29, 0.717) is 11.8 Å². The Kier molecular flexibility index (Phi) is 4.95. The van der Waals surface area contributed by atoms with E-state index in [4.69, 9.17) is 5.73 Å². The van der Waals surface area contributed by atoms with E-state index in [2.05, 4.69) is 31.0 Å². The van der Waals surface area contributed by atoms with Gasteiger partial charge >= 0.3 is 0 Å². The van der Waals surface area contributed by atoms with Crippen LogP contribution in [0.3, 0.4) is 0 Å². The zero-order valence-electron chi connectivity index (χ0n) is 11.6. The van der Waals surface area contributed by atoms with E-state index in [0.717, 1.165) is 32.5 Å². The van der Waals surface area contributed by atoms with Gasteiger partial charge in [0, 0.05) is 13.1 Å². The molecular weight excluding hydrogens is 214 g/mol. The summed E-state index contributed by atoms with van der Waals surface area (Å²) in [5, 5.41) is 3.20. The first-order chi connectivity index (χ1) is 7.96.